The molecule has 7 heteroatoms. The van der Waals surface area contributed by atoms with E-state index in [4.69, 9.17) is 16.7 Å². The lowest BCUT2D eigenvalue weighted by atomic mass is 10.1. The van der Waals surface area contributed by atoms with Crippen molar-refractivity contribution in [3.05, 3.63) is 106 Å². The number of rotatable bonds is 8. The van der Waals surface area contributed by atoms with Gasteiger partial charge < -0.3 is 4.90 Å². The first-order valence-electron chi connectivity index (χ1n) is 9.80. The highest BCUT2D eigenvalue weighted by Crippen LogP contribution is 2.26. The van der Waals surface area contributed by atoms with Gasteiger partial charge >= 0.3 is 0 Å². The predicted molar refractivity (Wildman–Crippen MR) is 125 cm³/mol. The fourth-order valence-electron chi connectivity index (χ4n) is 3.32. The van der Waals surface area contributed by atoms with Crippen molar-refractivity contribution in [2.45, 2.75) is 13.1 Å². The number of hydrogen-bond donors (Lipinski definition) is 0. The summed E-state index contributed by atoms with van der Waals surface area (Å²) in [5.41, 5.74) is 3.06. The molecule has 0 fully saturated rings. The van der Waals surface area contributed by atoms with E-state index in [1.54, 1.807) is 28.1 Å². The fraction of sp³-hybridized carbons (Fsp3) is 0.125. The van der Waals surface area contributed by atoms with Crippen LogP contribution in [0.15, 0.2) is 85.8 Å². The third-order valence-electron chi connectivity index (χ3n) is 4.73. The molecule has 5 nitrogen and oxygen atoms in total. The van der Waals surface area contributed by atoms with E-state index in [1.807, 2.05) is 60.8 Å². The van der Waals surface area contributed by atoms with Gasteiger partial charge in [-0.25, -0.2) is 0 Å². The standard InChI is InChI=1S/C24H21ClN4OS/c1-2-13-28(16-20-10-11-22(25)31-20)24(30)21-17-29(15-18-7-4-3-5-8-18)27-23(21)19-9-6-12-26-14-19/h2-12,14,17H,1,13,15-16H2. The average Bonchev–Trinajstić information content (AvgIpc) is 3.40. The van der Waals surface area contributed by atoms with Gasteiger partial charge in [0.15, 0.2) is 0 Å². The van der Waals surface area contributed by atoms with Gasteiger partial charge in [0.25, 0.3) is 5.91 Å². The summed E-state index contributed by atoms with van der Waals surface area (Å²) in [7, 11) is 0. The predicted octanol–water partition coefficient (Wildman–Crippen LogP) is 5.54. The third-order valence-corrected chi connectivity index (χ3v) is 5.94. The minimum absolute atomic E-state index is 0.109. The molecule has 0 saturated carbocycles. The Morgan fingerprint density at radius 2 is 2.00 bits per heavy atom. The molecule has 0 aliphatic rings. The van der Waals surface area contributed by atoms with E-state index in [1.165, 1.54) is 11.3 Å². The zero-order valence-corrected chi connectivity index (χ0v) is 18.4. The van der Waals surface area contributed by atoms with Crippen molar-refractivity contribution in [1.82, 2.24) is 19.7 Å². The molecule has 4 rings (SSSR count). The van der Waals surface area contributed by atoms with Gasteiger partial charge in [-0.2, -0.15) is 5.10 Å². The van der Waals surface area contributed by atoms with Crippen LogP contribution in [0.1, 0.15) is 20.8 Å². The van der Waals surface area contributed by atoms with Gasteiger partial charge in [-0.15, -0.1) is 17.9 Å². The quantitative estimate of drug-likeness (QED) is 0.333. The Balaban J connectivity index is 1.69. The molecule has 0 radical (unpaired) electrons. The second-order valence-corrected chi connectivity index (χ2v) is 8.80. The topological polar surface area (TPSA) is 51.0 Å². The van der Waals surface area contributed by atoms with Crippen LogP contribution in [0.4, 0.5) is 0 Å². The molecule has 0 N–H and O–H groups in total. The number of aromatic nitrogens is 3. The lowest BCUT2D eigenvalue weighted by molar-refractivity contribution is 0.0765. The monoisotopic (exact) mass is 448 g/mol. The number of carbonyl (C=O) groups excluding carboxylic acids is 1. The molecule has 0 bridgehead atoms. The Morgan fingerprint density at radius 1 is 1.16 bits per heavy atom. The minimum atomic E-state index is -0.109. The fourth-order valence-corrected chi connectivity index (χ4v) is 4.42. The van der Waals surface area contributed by atoms with E-state index in [-0.39, 0.29) is 5.91 Å². The Bertz CT molecular complexity index is 1170. The molecule has 4 aromatic rings. The summed E-state index contributed by atoms with van der Waals surface area (Å²) in [6.45, 7) is 5.27. The number of pyridine rings is 1. The molecule has 0 unspecified atom stereocenters. The van der Waals surface area contributed by atoms with E-state index in [9.17, 15) is 4.79 Å². The summed E-state index contributed by atoms with van der Waals surface area (Å²) in [5, 5.41) is 4.74. The van der Waals surface area contributed by atoms with Crippen LogP contribution in [-0.2, 0) is 13.1 Å². The highest BCUT2D eigenvalue weighted by Gasteiger charge is 2.23. The first-order chi connectivity index (χ1) is 15.1. The van der Waals surface area contributed by atoms with E-state index < -0.39 is 0 Å². The second kappa shape index (κ2) is 9.73. The first-order valence-corrected chi connectivity index (χ1v) is 11.0. The smallest absolute Gasteiger partial charge is 0.258 e. The zero-order chi connectivity index (χ0) is 21.6. The maximum Gasteiger partial charge on any atom is 0.258 e. The van der Waals surface area contributed by atoms with Crippen LogP contribution < -0.4 is 0 Å². The molecule has 0 saturated heterocycles. The first kappa shape index (κ1) is 21.0. The highest BCUT2D eigenvalue weighted by atomic mass is 35.5. The molecule has 31 heavy (non-hydrogen) atoms. The van der Waals surface area contributed by atoms with E-state index in [2.05, 4.69) is 11.6 Å². The van der Waals surface area contributed by atoms with E-state index in [0.717, 1.165) is 16.0 Å². The van der Waals surface area contributed by atoms with Gasteiger partial charge in [0, 0.05) is 35.6 Å². The Kier molecular flexibility index (Phi) is 6.60. The molecular formula is C24H21ClN4OS. The molecule has 0 aliphatic heterocycles. The minimum Gasteiger partial charge on any atom is -0.330 e. The molecule has 3 heterocycles. The summed E-state index contributed by atoms with van der Waals surface area (Å²) in [4.78, 5) is 20.5. The Labute approximate surface area is 190 Å². The summed E-state index contributed by atoms with van der Waals surface area (Å²) >= 11 is 7.55. The van der Waals surface area contributed by atoms with Crippen LogP contribution in [-0.4, -0.2) is 32.1 Å². The van der Waals surface area contributed by atoms with E-state index in [0.29, 0.717) is 35.2 Å². The lowest BCUT2D eigenvalue weighted by Crippen LogP contribution is -2.30. The molecular weight excluding hydrogens is 428 g/mol. The van der Waals surface area contributed by atoms with Gasteiger partial charge in [0.1, 0.15) is 5.69 Å². The van der Waals surface area contributed by atoms with Gasteiger partial charge in [0.05, 0.1) is 23.0 Å². The van der Waals surface area contributed by atoms with Crippen molar-refractivity contribution in [3.63, 3.8) is 0 Å². The van der Waals surface area contributed by atoms with E-state index >= 15 is 0 Å². The molecule has 0 aliphatic carbocycles. The van der Waals surface area contributed by atoms with Crippen LogP contribution in [0, 0.1) is 0 Å². The number of amides is 1. The number of carbonyl (C=O) groups is 1. The van der Waals surface area contributed by atoms with Crippen molar-refractivity contribution in [1.29, 1.82) is 0 Å². The van der Waals surface area contributed by atoms with Crippen LogP contribution in [0.25, 0.3) is 11.3 Å². The summed E-state index contributed by atoms with van der Waals surface area (Å²) in [6, 6.07) is 17.6. The summed E-state index contributed by atoms with van der Waals surface area (Å²) < 4.78 is 2.51. The van der Waals surface area contributed by atoms with Crippen LogP contribution in [0.5, 0.6) is 0 Å². The van der Waals surface area contributed by atoms with Crippen molar-refractivity contribution in [2.24, 2.45) is 0 Å². The van der Waals surface area contributed by atoms with Crippen LogP contribution in [0.2, 0.25) is 4.34 Å². The van der Waals surface area contributed by atoms with Crippen LogP contribution >= 0.6 is 22.9 Å². The number of hydrogen-bond acceptors (Lipinski definition) is 4. The normalized spacial score (nSPS) is 10.7. The maximum absolute atomic E-state index is 13.6. The second-order valence-electron chi connectivity index (χ2n) is 7.00. The maximum atomic E-state index is 13.6. The third kappa shape index (κ3) is 5.10. The number of thiophene rings is 1. The van der Waals surface area contributed by atoms with Gasteiger partial charge in [-0.05, 0) is 29.8 Å². The largest absolute Gasteiger partial charge is 0.330 e. The molecule has 156 valence electrons. The number of nitrogens with zero attached hydrogens (tertiary/aromatic N) is 4. The van der Waals surface area contributed by atoms with Gasteiger partial charge in [-0.3, -0.25) is 14.5 Å². The van der Waals surface area contributed by atoms with Crippen LogP contribution in [0.3, 0.4) is 0 Å². The van der Waals surface area contributed by atoms with Gasteiger partial charge in [-0.1, -0.05) is 48.0 Å². The Morgan fingerprint density at radius 3 is 2.68 bits per heavy atom. The summed E-state index contributed by atoms with van der Waals surface area (Å²) in [5.74, 6) is -0.109. The molecule has 1 amide bonds. The Hall–Kier alpha value is -3.22. The molecule has 1 aromatic carbocycles. The lowest BCUT2D eigenvalue weighted by Gasteiger charge is -2.20. The van der Waals surface area contributed by atoms with Crippen molar-refractivity contribution < 1.29 is 4.79 Å². The molecule has 0 atom stereocenters. The molecule has 3 aromatic heterocycles. The number of benzene rings is 1. The van der Waals surface area contributed by atoms with Crippen molar-refractivity contribution >= 4 is 28.8 Å². The zero-order valence-electron chi connectivity index (χ0n) is 16.8. The van der Waals surface area contributed by atoms with Crippen molar-refractivity contribution in [3.8, 4) is 11.3 Å². The number of halogens is 1. The summed E-state index contributed by atoms with van der Waals surface area (Å²) in [6.07, 6.45) is 6.97. The van der Waals surface area contributed by atoms with Crippen molar-refractivity contribution in [2.75, 3.05) is 6.54 Å². The molecule has 0 spiro atoms. The highest BCUT2D eigenvalue weighted by molar-refractivity contribution is 7.16. The van der Waals surface area contributed by atoms with Gasteiger partial charge in [0.2, 0.25) is 0 Å². The SMILES string of the molecule is C=CCN(Cc1ccc(Cl)s1)C(=O)c1cn(Cc2ccccc2)nc1-c1cccnc1. The average molecular weight is 449 g/mol.